The molecule has 0 radical (unpaired) electrons. The highest BCUT2D eigenvalue weighted by molar-refractivity contribution is 7.16. The lowest BCUT2D eigenvalue weighted by molar-refractivity contribution is 0.0469. The van der Waals surface area contributed by atoms with Crippen LogP contribution in [0.1, 0.15) is 15.2 Å². The molecule has 106 valence electrons. The molecule has 4 nitrogen and oxygen atoms in total. The molecule has 20 heavy (non-hydrogen) atoms. The van der Waals surface area contributed by atoms with E-state index in [0.29, 0.717) is 15.8 Å². The molecule has 0 N–H and O–H groups in total. The van der Waals surface area contributed by atoms with Crippen molar-refractivity contribution < 1.29 is 19.0 Å². The van der Waals surface area contributed by atoms with E-state index in [1.807, 2.05) is 6.07 Å². The molecule has 0 spiro atoms. The van der Waals surface area contributed by atoms with E-state index in [-0.39, 0.29) is 12.2 Å². The number of carbonyl (C=O) groups is 1. The maximum Gasteiger partial charge on any atom is 0.346 e. The van der Waals surface area contributed by atoms with Crippen molar-refractivity contribution in [2.24, 2.45) is 0 Å². The van der Waals surface area contributed by atoms with E-state index >= 15 is 0 Å². The molecule has 0 aliphatic carbocycles. The Morgan fingerprint density at radius 1 is 1.15 bits per heavy atom. The summed E-state index contributed by atoms with van der Waals surface area (Å²) in [4.78, 5) is 13.0. The van der Waals surface area contributed by atoms with Gasteiger partial charge in [-0.15, -0.1) is 11.3 Å². The van der Waals surface area contributed by atoms with Crippen LogP contribution in [0, 0.1) is 0 Å². The summed E-state index contributed by atoms with van der Waals surface area (Å²) < 4.78 is 16.3. The Hall–Kier alpha value is -1.72. The van der Waals surface area contributed by atoms with Crippen LogP contribution in [0.4, 0.5) is 0 Å². The van der Waals surface area contributed by atoms with Crippen molar-refractivity contribution in [3.63, 3.8) is 0 Å². The highest BCUT2D eigenvalue weighted by Gasteiger charge is 2.19. The molecular weight excluding hydrogens is 300 g/mol. The number of thiophene rings is 1. The van der Waals surface area contributed by atoms with Crippen molar-refractivity contribution in [2.45, 2.75) is 6.61 Å². The van der Waals surface area contributed by atoms with Gasteiger partial charge in [-0.25, -0.2) is 4.79 Å². The van der Waals surface area contributed by atoms with Gasteiger partial charge in [-0.2, -0.15) is 0 Å². The van der Waals surface area contributed by atoms with Gasteiger partial charge in [-0.05, 0) is 24.3 Å². The van der Waals surface area contributed by atoms with Gasteiger partial charge in [0.1, 0.15) is 23.7 Å². The van der Waals surface area contributed by atoms with Gasteiger partial charge in [0.25, 0.3) is 0 Å². The van der Waals surface area contributed by atoms with Crippen molar-refractivity contribution in [3.8, 4) is 11.5 Å². The fraction of sp³-hybridized carbons (Fsp3) is 0.214. The maximum absolute atomic E-state index is 12.2. The van der Waals surface area contributed by atoms with E-state index in [1.54, 1.807) is 24.3 Å². The van der Waals surface area contributed by atoms with Gasteiger partial charge in [-0.3, -0.25) is 0 Å². The van der Waals surface area contributed by atoms with Crippen LogP contribution in [0.15, 0.2) is 30.3 Å². The Morgan fingerprint density at radius 3 is 2.30 bits per heavy atom. The molecule has 0 bridgehead atoms. The van der Waals surface area contributed by atoms with Crippen LogP contribution in [-0.4, -0.2) is 20.2 Å². The van der Waals surface area contributed by atoms with E-state index in [2.05, 4.69) is 0 Å². The summed E-state index contributed by atoms with van der Waals surface area (Å²) in [6.45, 7) is 0.164. The second-order valence-corrected chi connectivity index (χ2v) is 5.62. The Bertz CT molecular complexity index is 587. The number of esters is 1. The number of halogens is 1. The first kappa shape index (κ1) is 14.7. The summed E-state index contributed by atoms with van der Waals surface area (Å²) in [5.74, 6) is 0.334. The predicted octanol–water partition coefficient (Wildman–Crippen LogP) is 3.78. The largest absolute Gasteiger partial charge is 0.496 e. The topological polar surface area (TPSA) is 44.8 Å². The summed E-state index contributed by atoms with van der Waals surface area (Å²) in [6, 6.07) is 8.69. The van der Waals surface area contributed by atoms with E-state index in [4.69, 9.17) is 25.8 Å². The maximum atomic E-state index is 12.2. The number of benzene rings is 1. The normalized spacial score (nSPS) is 10.2. The monoisotopic (exact) mass is 312 g/mol. The SMILES string of the molecule is COc1cccc(OC)c1C(=O)OCc1ccc(Cl)s1. The highest BCUT2D eigenvalue weighted by atomic mass is 35.5. The minimum Gasteiger partial charge on any atom is -0.496 e. The van der Waals surface area contributed by atoms with E-state index in [0.717, 1.165) is 4.88 Å². The van der Waals surface area contributed by atoms with Crippen LogP contribution < -0.4 is 9.47 Å². The van der Waals surface area contributed by atoms with Crippen LogP contribution in [0.3, 0.4) is 0 Å². The molecule has 0 unspecified atom stereocenters. The zero-order chi connectivity index (χ0) is 14.5. The third-order valence-electron chi connectivity index (χ3n) is 2.61. The number of hydrogen-bond donors (Lipinski definition) is 0. The third kappa shape index (κ3) is 3.23. The summed E-state index contributed by atoms with van der Waals surface area (Å²) in [7, 11) is 2.98. The van der Waals surface area contributed by atoms with Crippen LogP contribution in [0.5, 0.6) is 11.5 Å². The number of methoxy groups -OCH3 is 2. The molecule has 0 aliphatic rings. The Morgan fingerprint density at radius 2 is 1.80 bits per heavy atom. The molecule has 2 rings (SSSR count). The fourth-order valence-electron chi connectivity index (χ4n) is 1.69. The van der Waals surface area contributed by atoms with Gasteiger partial charge < -0.3 is 14.2 Å². The molecule has 0 aliphatic heterocycles. The van der Waals surface area contributed by atoms with E-state index in [9.17, 15) is 4.79 Å². The number of hydrogen-bond acceptors (Lipinski definition) is 5. The lowest BCUT2D eigenvalue weighted by Crippen LogP contribution is -2.08. The molecule has 0 atom stereocenters. The van der Waals surface area contributed by atoms with Crippen molar-refractivity contribution in [1.82, 2.24) is 0 Å². The van der Waals surface area contributed by atoms with Gasteiger partial charge in [-0.1, -0.05) is 17.7 Å². The van der Waals surface area contributed by atoms with Crippen molar-refractivity contribution in [3.05, 3.63) is 45.1 Å². The van der Waals surface area contributed by atoms with Crippen molar-refractivity contribution in [2.75, 3.05) is 14.2 Å². The van der Waals surface area contributed by atoms with Gasteiger partial charge in [0.15, 0.2) is 0 Å². The molecule has 0 fully saturated rings. The zero-order valence-electron chi connectivity index (χ0n) is 11.0. The number of carbonyl (C=O) groups excluding carboxylic acids is 1. The minimum atomic E-state index is -0.496. The van der Waals surface area contributed by atoms with Gasteiger partial charge in [0.05, 0.1) is 18.6 Å². The molecule has 1 heterocycles. The molecule has 2 aromatic rings. The molecule has 0 amide bonds. The summed E-state index contributed by atoms with van der Waals surface area (Å²) in [5.41, 5.74) is 0.278. The molecule has 1 aromatic carbocycles. The van der Waals surface area contributed by atoms with Crippen LogP contribution in [0.2, 0.25) is 4.34 Å². The molecule has 1 aromatic heterocycles. The summed E-state index contributed by atoms with van der Waals surface area (Å²) in [6.07, 6.45) is 0. The first-order valence-corrected chi connectivity index (χ1v) is 6.97. The van der Waals surface area contributed by atoms with Crippen molar-refractivity contribution >= 4 is 28.9 Å². The van der Waals surface area contributed by atoms with Gasteiger partial charge in [0, 0.05) is 4.88 Å². The number of ether oxygens (including phenoxy) is 3. The Kier molecular flexibility index (Phi) is 4.87. The van der Waals surface area contributed by atoms with E-state index in [1.165, 1.54) is 25.6 Å². The standard InChI is InChI=1S/C14H13ClO4S/c1-17-10-4-3-5-11(18-2)13(10)14(16)19-8-9-6-7-12(15)20-9/h3-7H,8H2,1-2H3. The third-order valence-corrected chi connectivity index (χ3v) is 3.81. The van der Waals surface area contributed by atoms with E-state index < -0.39 is 5.97 Å². The Labute approximate surface area is 125 Å². The molecule has 0 saturated carbocycles. The Balaban J connectivity index is 2.16. The highest BCUT2D eigenvalue weighted by Crippen LogP contribution is 2.29. The first-order chi connectivity index (χ1) is 9.65. The van der Waals surface area contributed by atoms with Crippen molar-refractivity contribution in [1.29, 1.82) is 0 Å². The molecule has 6 heteroatoms. The van der Waals surface area contributed by atoms with Gasteiger partial charge >= 0.3 is 5.97 Å². The second-order valence-electron chi connectivity index (χ2n) is 3.82. The zero-order valence-corrected chi connectivity index (χ0v) is 12.6. The first-order valence-electron chi connectivity index (χ1n) is 5.78. The lowest BCUT2D eigenvalue weighted by atomic mass is 10.2. The van der Waals surface area contributed by atoms with Crippen LogP contribution >= 0.6 is 22.9 Å². The van der Waals surface area contributed by atoms with Crippen LogP contribution in [0.25, 0.3) is 0 Å². The lowest BCUT2D eigenvalue weighted by Gasteiger charge is -2.11. The number of rotatable bonds is 5. The minimum absolute atomic E-state index is 0.164. The second kappa shape index (κ2) is 6.63. The predicted molar refractivity (Wildman–Crippen MR) is 78.0 cm³/mol. The molecule has 0 saturated heterocycles. The summed E-state index contributed by atoms with van der Waals surface area (Å²) in [5, 5.41) is 0. The average Bonchev–Trinajstić information content (AvgIpc) is 2.89. The smallest absolute Gasteiger partial charge is 0.346 e. The summed E-state index contributed by atoms with van der Waals surface area (Å²) >= 11 is 7.20. The average molecular weight is 313 g/mol. The fourth-order valence-corrected chi connectivity index (χ4v) is 2.69. The van der Waals surface area contributed by atoms with Gasteiger partial charge in [0.2, 0.25) is 0 Å². The molecular formula is C14H13ClO4S. The quantitative estimate of drug-likeness (QED) is 0.788. The van der Waals surface area contributed by atoms with Crippen LogP contribution in [-0.2, 0) is 11.3 Å².